The molecule has 15 heavy (non-hydrogen) atoms. The minimum absolute atomic E-state index is 0.389. The number of ether oxygens (including phenoxy) is 1. The fraction of sp³-hybridized carbons (Fsp3) is 1.00. The van der Waals surface area contributed by atoms with Gasteiger partial charge in [-0.3, -0.25) is 4.90 Å². The second-order valence-electron chi connectivity index (χ2n) is 5.70. The zero-order chi connectivity index (χ0) is 11.0. The predicted molar refractivity (Wildman–Crippen MR) is 63.0 cm³/mol. The van der Waals surface area contributed by atoms with Crippen LogP contribution < -0.4 is 0 Å². The molecule has 2 bridgehead atoms. The van der Waals surface area contributed by atoms with Crippen molar-refractivity contribution in [3.63, 3.8) is 0 Å². The Balaban J connectivity index is 1.96. The molecule has 3 atom stereocenters. The van der Waals surface area contributed by atoms with Crippen LogP contribution in [0.15, 0.2) is 0 Å². The van der Waals surface area contributed by atoms with Gasteiger partial charge >= 0.3 is 0 Å². The van der Waals surface area contributed by atoms with Gasteiger partial charge in [-0.1, -0.05) is 0 Å². The summed E-state index contributed by atoms with van der Waals surface area (Å²) in [6.07, 6.45) is 6.21. The van der Waals surface area contributed by atoms with Gasteiger partial charge in [0.15, 0.2) is 0 Å². The molecule has 2 aliphatic rings. The quantitative estimate of drug-likeness (QED) is 0.712. The van der Waals surface area contributed by atoms with Gasteiger partial charge < -0.3 is 4.74 Å². The number of piperidine rings is 1. The Morgan fingerprint density at radius 2 is 1.53 bits per heavy atom. The molecule has 2 nitrogen and oxygen atoms in total. The molecule has 0 saturated carbocycles. The van der Waals surface area contributed by atoms with Gasteiger partial charge in [-0.15, -0.1) is 0 Å². The number of hydrogen-bond donors (Lipinski definition) is 0. The lowest BCUT2D eigenvalue weighted by atomic mass is 9.98. The molecule has 1 unspecified atom stereocenters. The van der Waals surface area contributed by atoms with Crippen molar-refractivity contribution in [1.29, 1.82) is 0 Å². The first-order valence-corrected chi connectivity index (χ1v) is 6.50. The van der Waals surface area contributed by atoms with Crippen LogP contribution in [0.2, 0.25) is 0 Å². The molecule has 0 aromatic carbocycles. The van der Waals surface area contributed by atoms with E-state index >= 15 is 0 Å². The second-order valence-corrected chi connectivity index (χ2v) is 5.70. The third-order valence-corrected chi connectivity index (χ3v) is 3.81. The molecule has 2 rings (SSSR count). The fourth-order valence-electron chi connectivity index (χ4n) is 3.50. The molecule has 2 saturated heterocycles. The summed E-state index contributed by atoms with van der Waals surface area (Å²) in [5, 5.41) is 0. The van der Waals surface area contributed by atoms with Gasteiger partial charge in [0.25, 0.3) is 0 Å². The summed E-state index contributed by atoms with van der Waals surface area (Å²) in [5.74, 6) is 0. The highest BCUT2D eigenvalue weighted by molar-refractivity contribution is 4.97. The average molecular weight is 211 g/mol. The lowest BCUT2D eigenvalue weighted by molar-refractivity contribution is -0.0544. The van der Waals surface area contributed by atoms with Gasteiger partial charge in [-0.05, 0) is 53.4 Å². The first-order chi connectivity index (χ1) is 7.08. The summed E-state index contributed by atoms with van der Waals surface area (Å²) >= 11 is 0. The molecule has 0 N–H and O–H groups in total. The highest BCUT2D eigenvalue weighted by Gasteiger charge is 2.42. The molecule has 0 aromatic heterocycles. The van der Waals surface area contributed by atoms with Gasteiger partial charge in [0.2, 0.25) is 0 Å². The summed E-state index contributed by atoms with van der Waals surface area (Å²) in [7, 11) is 0. The Hall–Kier alpha value is -0.0800. The lowest BCUT2D eigenvalue weighted by Crippen LogP contribution is -2.49. The van der Waals surface area contributed by atoms with Crippen LogP contribution in [0.25, 0.3) is 0 Å². The molecule has 2 heteroatoms. The topological polar surface area (TPSA) is 12.5 Å². The average Bonchev–Trinajstić information content (AvgIpc) is 2.38. The monoisotopic (exact) mass is 211 g/mol. The Labute approximate surface area is 94.0 Å². The van der Waals surface area contributed by atoms with Crippen LogP contribution in [-0.2, 0) is 4.74 Å². The zero-order valence-corrected chi connectivity index (χ0v) is 10.6. The lowest BCUT2D eigenvalue weighted by Gasteiger charge is -2.41. The highest BCUT2D eigenvalue weighted by Crippen LogP contribution is 2.38. The van der Waals surface area contributed by atoms with Gasteiger partial charge in [-0.2, -0.15) is 0 Å². The van der Waals surface area contributed by atoms with Gasteiger partial charge in [0, 0.05) is 18.1 Å². The summed E-state index contributed by atoms with van der Waals surface area (Å²) < 4.78 is 5.97. The van der Waals surface area contributed by atoms with Gasteiger partial charge in [0.05, 0.1) is 12.2 Å². The SMILES string of the molecule is CC(C)OC1C[C@H]2CC[C@@H](C1)N2C(C)C. The Morgan fingerprint density at radius 3 is 1.93 bits per heavy atom. The third-order valence-electron chi connectivity index (χ3n) is 3.81. The van der Waals surface area contributed by atoms with Crippen molar-refractivity contribution in [1.82, 2.24) is 4.90 Å². The summed E-state index contributed by atoms with van der Waals surface area (Å²) in [4.78, 5) is 2.72. The van der Waals surface area contributed by atoms with E-state index in [1.54, 1.807) is 0 Å². The molecule has 2 aliphatic heterocycles. The first kappa shape index (κ1) is 11.4. The maximum absolute atomic E-state index is 5.97. The number of fused-ring (bicyclic) bond motifs is 2. The molecular weight excluding hydrogens is 186 g/mol. The van der Waals surface area contributed by atoms with E-state index in [1.807, 2.05) is 0 Å². The summed E-state index contributed by atoms with van der Waals surface area (Å²) in [6.45, 7) is 8.96. The van der Waals surface area contributed by atoms with E-state index < -0.39 is 0 Å². The van der Waals surface area contributed by atoms with E-state index in [2.05, 4.69) is 32.6 Å². The van der Waals surface area contributed by atoms with Crippen LogP contribution in [0.3, 0.4) is 0 Å². The second kappa shape index (κ2) is 4.42. The van der Waals surface area contributed by atoms with Crippen LogP contribution in [-0.4, -0.2) is 35.2 Å². The van der Waals surface area contributed by atoms with Crippen LogP contribution >= 0.6 is 0 Å². The van der Waals surface area contributed by atoms with E-state index in [4.69, 9.17) is 4.74 Å². The van der Waals surface area contributed by atoms with Crippen LogP contribution in [0.5, 0.6) is 0 Å². The Bertz CT molecular complexity index is 201. The Morgan fingerprint density at radius 1 is 1.00 bits per heavy atom. The normalized spacial score (nSPS) is 36.8. The molecule has 2 fully saturated rings. The largest absolute Gasteiger partial charge is 0.375 e. The molecule has 0 aromatic rings. The van der Waals surface area contributed by atoms with E-state index in [0.29, 0.717) is 18.2 Å². The molecule has 2 heterocycles. The molecular formula is C13H25NO. The number of nitrogens with zero attached hydrogens (tertiary/aromatic N) is 1. The maximum Gasteiger partial charge on any atom is 0.0608 e. The van der Waals surface area contributed by atoms with Crippen LogP contribution in [0.4, 0.5) is 0 Å². The zero-order valence-electron chi connectivity index (χ0n) is 10.6. The first-order valence-electron chi connectivity index (χ1n) is 6.50. The van der Waals surface area contributed by atoms with Crippen molar-refractivity contribution in [2.45, 2.75) is 83.7 Å². The van der Waals surface area contributed by atoms with Gasteiger partial charge in [0.1, 0.15) is 0 Å². The van der Waals surface area contributed by atoms with Crippen LogP contribution in [0.1, 0.15) is 53.4 Å². The van der Waals surface area contributed by atoms with E-state index in [1.165, 1.54) is 25.7 Å². The number of hydrogen-bond acceptors (Lipinski definition) is 2. The van der Waals surface area contributed by atoms with Crippen molar-refractivity contribution in [2.75, 3.05) is 0 Å². The highest BCUT2D eigenvalue weighted by atomic mass is 16.5. The van der Waals surface area contributed by atoms with Crippen molar-refractivity contribution < 1.29 is 4.74 Å². The molecule has 0 aliphatic carbocycles. The van der Waals surface area contributed by atoms with E-state index in [9.17, 15) is 0 Å². The molecule has 88 valence electrons. The Kier molecular flexibility index (Phi) is 3.36. The molecule has 0 radical (unpaired) electrons. The maximum atomic E-state index is 5.97. The van der Waals surface area contributed by atoms with Crippen LogP contribution in [0, 0.1) is 0 Å². The minimum atomic E-state index is 0.389. The molecule has 0 spiro atoms. The predicted octanol–water partition coefficient (Wildman–Crippen LogP) is 2.82. The van der Waals surface area contributed by atoms with Crippen molar-refractivity contribution in [3.8, 4) is 0 Å². The standard InChI is InChI=1S/C13H25NO/c1-9(2)14-11-5-6-12(14)8-13(7-11)15-10(3)4/h9-13H,5-8H2,1-4H3/t11-,12+,13?. The van der Waals surface area contributed by atoms with Gasteiger partial charge in [-0.25, -0.2) is 0 Å². The summed E-state index contributed by atoms with van der Waals surface area (Å²) in [5.41, 5.74) is 0. The van der Waals surface area contributed by atoms with Crippen molar-refractivity contribution in [2.24, 2.45) is 0 Å². The van der Waals surface area contributed by atoms with E-state index in [-0.39, 0.29) is 0 Å². The molecule has 0 amide bonds. The van der Waals surface area contributed by atoms with E-state index in [0.717, 1.165) is 12.1 Å². The van der Waals surface area contributed by atoms with Crippen molar-refractivity contribution >= 4 is 0 Å². The minimum Gasteiger partial charge on any atom is -0.375 e. The fourth-order valence-corrected chi connectivity index (χ4v) is 3.50. The third kappa shape index (κ3) is 2.36. The summed E-state index contributed by atoms with van der Waals surface area (Å²) in [6, 6.07) is 2.31. The van der Waals surface area contributed by atoms with Crippen molar-refractivity contribution in [3.05, 3.63) is 0 Å². The number of rotatable bonds is 3. The smallest absolute Gasteiger partial charge is 0.0608 e.